The molecule has 138 valence electrons. The lowest BCUT2D eigenvalue weighted by Gasteiger charge is -2.15. The second-order valence-corrected chi connectivity index (χ2v) is 7.26. The molecule has 4 aromatic rings. The number of nitrogens with zero attached hydrogens (tertiary/aromatic N) is 1. The quantitative estimate of drug-likeness (QED) is 0.407. The molecule has 0 aliphatic heterocycles. The molecule has 28 heavy (non-hydrogen) atoms. The SMILES string of the molecule is Cc1c(-c2ccc(Cl)cc2)nc2ccccc2c1C(=O)Nc1ccccc1Cl. The van der Waals surface area contributed by atoms with Crippen molar-refractivity contribution >= 4 is 45.7 Å². The highest BCUT2D eigenvalue weighted by Crippen LogP contribution is 2.31. The van der Waals surface area contributed by atoms with E-state index in [-0.39, 0.29) is 5.91 Å². The average Bonchev–Trinajstić information content (AvgIpc) is 2.70. The minimum absolute atomic E-state index is 0.223. The highest BCUT2D eigenvalue weighted by Gasteiger charge is 2.19. The van der Waals surface area contributed by atoms with Gasteiger partial charge in [0, 0.05) is 16.0 Å². The molecule has 1 N–H and O–H groups in total. The predicted molar refractivity (Wildman–Crippen MR) is 116 cm³/mol. The van der Waals surface area contributed by atoms with Gasteiger partial charge in [0.1, 0.15) is 0 Å². The fourth-order valence-corrected chi connectivity index (χ4v) is 3.55. The van der Waals surface area contributed by atoms with Crippen molar-refractivity contribution in [1.29, 1.82) is 0 Å². The lowest BCUT2D eigenvalue weighted by molar-refractivity contribution is 0.102. The number of aromatic nitrogens is 1. The summed E-state index contributed by atoms with van der Waals surface area (Å²) in [6, 6.07) is 22.2. The van der Waals surface area contributed by atoms with Gasteiger partial charge in [0.05, 0.1) is 27.5 Å². The van der Waals surface area contributed by atoms with Gasteiger partial charge in [0.2, 0.25) is 0 Å². The van der Waals surface area contributed by atoms with E-state index < -0.39 is 0 Å². The first kappa shape index (κ1) is 18.5. The van der Waals surface area contributed by atoms with E-state index in [9.17, 15) is 4.79 Å². The summed E-state index contributed by atoms with van der Waals surface area (Å²) in [6.07, 6.45) is 0. The third-order valence-electron chi connectivity index (χ3n) is 4.60. The highest BCUT2D eigenvalue weighted by molar-refractivity contribution is 6.34. The van der Waals surface area contributed by atoms with Crippen LogP contribution in [0.4, 0.5) is 5.69 Å². The Kier molecular flexibility index (Phi) is 5.03. The summed E-state index contributed by atoms with van der Waals surface area (Å²) >= 11 is 12.2. The van der Waals surface area contributed by atoms with Gasteiger partial charge in [0.25, 0.3) is 5.91 Å². The number of carbonyl (C=O) groups is 1. The molecular formula is C23H16Cl2N2O. The number of anilines is 1. The monoisotopic (exact) mass is 406 g/mol. The lowest BCUT2D eigenvalue weighted by atomic mass is 9.97. The van der Waals surface area contributed by atoms with Crippen LogP contribution in [-0.4, -0.2) is 10.9 Å². The van der Waals surface area contributed by atoms with Crippen molar-refractivity contribution in [2.45, 2.75) is 6.92 Å². The van der Waals surface area contributed by atoms with E-state index in [1.165, 1.54) is 0 Å². The lowest BCUT2D eigenvalue weighted by Crippen LogP contribution is -2.15. The number of nitrogens with one attached hydrogen (secondary N) is 1. The van der Waals surface area contributed by atoms with Gasteiger partial charge in [-0.1, -0.05) is 65.7 Å². The Morgan fingerprint density at radius 2 is 1.57 bits per heavy atom. The third kappa shape index (κ3) is 3.47. The zero-order valence-electron chi connectivity index (χ0n) is 15.0. The number of rotatable bonds is 3. The van der Waals surface area contributed by atoms with E-state index >= 15 is 0 Å². The second-order valence-electron chi connectivity index (χ2n) is 6.42. The van der Waals surface area contributed by atoms with Gasteiger partial charge in [-0.25, -0.2) is 4.98 Å². The smallest absolute Gasteiger partial charge is 0.256 e. The molecule has 1 heterocycles. The fraction of sp³-hybridized carbons (Fsp3) is 0.0435. The molecule has 0 saturated carbocycles. The molecule has 4 rings (SSSR count). The summed E-state index contributed by atoms with van der Waals surface area (Å²) in [6.45, 7) is 1.91. The van der Waals surface area contributed by atoms with Crippen molar-refractivity contribution in [3.05, 3.63) is 94.0 Å². The van der Waals surface area contributed by atoms with Gasteiger partial charge in [-0.3, -0.25) is 4.79 Å². The van der Waals surface area contributed by atoms with Crippen LogP contribution in [0.3, 0.4) is 0 Å². The van der Waals surface area contributed by atoms with Gasteiger partial charge >= 0.3 is 0 Å². The number of pyridine rings is 1. The average molecular weight is 407 g/mol. The molecule has 0 fully saturated rings. The number of hydrogen-bond acceptors (Lipinski definition) is 2. The maximum absolute atomic E-state index is 13.2. The molecule has 3 aromatic carbocycles. The number of amides is 1. The van der Waals surface area contributed by atoms with Crippen LogP contribution in [0, 0.1) is 6.92 Å². The number of carbonyl (C=O) groups excluding carboxylic acids is 1. The number of benzene rings is 3. The van der Waals surface area contributed by atoms with Crippen LogP contribution in [0.2, 0.25) is 10.0 Å². The van der Waals surface area contributed by atoms with Gasteiger partial charge < -0.3 is 5.32 Å². The first-order chi connectivity index (χ1) is 13.5. The molecular weight excluding hydrogens is 391 g/mol. The summed E-state index contributed by atoms with van der Waals surface area (Å²) in [7, 11) is 0. The molecule has 0 aliphatic rings. The van der Waals surface area contributed by atoms with Crippen LogP contribution in [0.1, 0.15) is 15.9 Å². The molecule has 0 unspecified atom stereocenters. The van der Waals surface area contributed by atoms with Crippen molar-refractivity contribution in [3.63, 3.8) is 0 Å². The van der Waals surface area contributed by atoms with Crippen LogP contribution >= 0.6 is 23.2 Å². The summed E-state index contributed by atoms with van der Waals surface area (Å²) in [4.78, 5) is 18.0. The van der Waals surface area contributed by atoms with E-state index in [1.807, 2.05) is 67.6 Å². The van der Waals surface area contributed by atoms with Crippen LogP contribution < -0.4 is 5.32 Å². The number of fused-ring (bicyclic) bond motifs is 1. The highest BCUT2D eigenvalue weighted by atomic mass is 35.5. The zero-order chi connectivity index (χ0) is 19.7. The molecule has 0 bridgehead atoms. The third-order valence-corrected chi connectivity index (χ3v) is 5.18. The Morgan fingerprint density at radius 3 is 2.32 bits per heavy atom. The topological polar surface area (TPSA) is 42.0 Å². The molecule has 0 aliphatic carbocycles. The molecule has 3 nitrogen and oxygen atoms in total. The Bertz CT molecular complexity index is 1190. The van der Waals surface area contributed by atoms with E-state index in [1.54, 1.807) is 12.1 Å². The molecule has 0 saturated heterocycles. The number of halogens is 2. The molecule has 0 spiro atoms. The fourth-order valence-electron chi connectivity index (χ4n) is 3.24. The van der Waals surface area contributed by atoms with Gasteiger partial charge in [0.15, 0.2) is 0 Å². The molecule has 0 atom stereocenters. The Labute approximate surface area is 172 Å². The standard InChI is InChI=1S/C23H16Cl2N2O/c1-14-21(23(28)27-20-9-5-3-7-18(20)25)17-6-2-4-8-19(17)26-22(14)15-10-12-16(24)13-11-15/h2-13H,1H3,(H,27,28). The normalized spacial score (nSPS) is 10.8. The van der Waals surface area contributed by atoms with Gasteiger partial charge in [-0.2, -0.15) is 0 Å². The van der Waals surface area contributed by atoms with Crippen molar-refractivity contribution in [1.82, 2.24) is 4.98 Å². The molecule has 0 radical (unpaired) electrons. The van der Waals surface area contributed by atoms with Crippen molar-refractivity contribution in [2.24, 2.45) is 0 Å². The van der Waals surface area contributed by atoms with E-state index in [4.69, 9.17) is 28.2 Å². The second kappa shape index (κ2) is 7.63. The maximum Gasteiger partial charge on any atom is 0.256 e. The van der Waals surface area contributed by atoms with Crippen molar-refractivity contribution in [3.8, 4) is 11.3 Å². The summed E-state index contributed by atoms with van der Waals surface area (Å²) in [5.41, 5.74) is 4.35. The number of para-hydroxylation sites is 2. The predicted octanol–water partition coefficient (Wildman–Crippen LogP) is 6.77. The first-order valence-electron chi connectivity index (χ1n) is 8.76. The molecule has 5 heteroatoms. The zero-order valence-corrected chi connectivity index (χ0v) is 16.6. The Morgan fingerprint density at radius 1 is 0.893 bits per heavy atom. The first-order valence-corrected chi connectivity index (χ1v) is 9.51. The molecule has 1 aromatic heterocycles. The molecule has 1 amide bonds. The Hall–Kier alpha value is -2.88. The van der Waals surface area contributed by atoms with Gasteiger partial charge in [-0.15, -0.1) is 0 Å². The van der Waals surface area contributed by atoms with E-state index in [2.05, 4.69) is 5.32 Å². The van der Waals surface area contributed by atoms with E-state index in [0.717, 1.165) is 27.7 Å². The Balaban J connectivity index is 1.89. The summed E-state index contributed by atoms with van der Waals surface area (Å²) in [5.74, 6) is -0.223. The van der Waals surface area contributed by atoms with Crippen molar-refractivity contribution in [2.75, 3.05) is 5.32 Å². The van der Waals surface area contributed by atoms with Crippen LogP contribution in [-0.2, 0) is 0 Å². The summed E-state index contributed by atoms with van der Waals surface area (Å²) < 4.78 is 0. The minimum atomic E-state index is -0.223. The number of hydrogen-bond donors (Lipinski definition) is 1. The minimum Gasteiger partial charge on any atom is -0.321 e. The van der Waals surface area contributed by atoms with Crippen LogP contribution in [0.15, 0.2) is 72.8 Å². The largest absolute Gasteiger partial charge is 0.321 e. The van der Waals surface area contributed by atoms with E-state index in [0.29, 0.717) is 21.3 Å². The van der Waals surface area contributed by atoms with Crippen LogP contribution in [0.5, 0.6) is 0 Å². The summed E-state index contributed by atoms with van der Waals surface area (Å²) in [5, 5.41) is 4.86. The van der Waals surface area contributed by atoms with Gasteiger partial charge in [-0.05, 0) is 42.8 Å². The van der Waals surface area contributed by atoms with Crippen LogP contribution in [0.25, 0.3) is 22.2 Å². The van der Waals surface area contributed by atoms with Crippen molar-refractivity contribution < 1.29 is 4.79 Å². The maximum atomic E-state index is 13.2.